The third kappa shape index (κ3) is 6.63. The van der Waals surface area contributed by atoms with Gasteiger partial charge < -0.3 is 9.64 Å². The maximum Gasteiger partial charge on any atom is 0.410 e. The van der Waals surface area contributed by atoms with Crippen molar-refractivity contribution in [2.45, 2.75) is 45.3 Å². The number of ether oxygens (including phenoxy) is 1. The fourth-order valence-corrected chi connectivity index (χ4v) is 5.38. The average molecular weight is 624 g/mol. The van der Waals surface area contributed by atoms with Gasteiger partial charge in [0.25, 0.3) is 5.91 Å². The van der Waals surface area contributed by atoms with Crippen molar-refractivity contribution in [2.24, 2.45) is 7.05 Å². The topological polar surface area (TPSA) is 124 Å². The molecule has 12 nitrogen and oxygen atoms in total. The van der Waals surface area contributed by atoms with Crippen LogP contribution in [0.25, 0.3) is 29.0 Å². The van der Waals surface area contributed by atoms with E-state index in [-0.39, 0.29) is 12.1 Å². The molecule has 0 N–H and O–H groups in total. The van der Waals surface area contributed by atoms with Gasteiger partial charge in [-0.1, -0.05) is 17.4 Å². The van der Waals surface area contributed by atoms with Crippen molar-refractivity contribution in [2.75, 3.05) is 18.0 Å². The molecular formula is C33H34FN9O3. The Kier molecular flexibility index (Phi) is 8.31. The van der Waals surface area contributed by atoms with Gasteiger partial charge in [-0.25, -0.2) is 19.2 Å². The lowest BCUT2D eigenvalue weighted by atomic mass is 10.0. The van der Waals surface area contributed by atoms with E-state index >= 15 is 4.39 Å². The van der Waals surface area contributed by atoms with E-state index in [9.17, 15) is 9.59 Å². The summed E-state index contributed by atoms with van der Waals surface area (Å²) in [5.41, 5.74) is 2.27. The van der Waals surface area contributed by atoms with Crippen LogP contribution in [0, 0.1) is 5.82 Å². The predicted molar refractivity (Wildman–Crippen MR) is 171 cm³/mol. The maximum atomic E-state index is 15.9. The number of aromatic nitrogens is 7. The molecule has 6 rings (SSSR count). The van der Waals surface area contributed by atoms with Gasteiger partial charge in [0.15, 0.2) is 5.65 Å². The Balaban J connectivity index is 1.35. The Morgan fingerprint density at radius 2 is 1.89 bits per heavy atom. The number of aryl methyl sites for hydroxylation is 1. The summed E-state index contributed by atoms with van der Waals surface area (Å²) in [6.45, 7) is 6.11. The van der Waals surface area contributed by atoms with Gasteiger partial charge in [-0.2, -0.15) is 9.78 Å². The standard InChI is InChI=1S/C33H34FN9O3/c1-33(2,3)46-32(45)41-16-6-7-25(21-41)42(29-17-22(13-15-35-29)9-10-23-19-37-40(4)20-23)31(44)26-12-11-24(18-27(26)34)43-30-28(38-39-43)8-5-14-36-30/h5,8-15,17-20,25H,6-7,16,21H2,1-4H3/b10-9+/t25-/m1/s1. The van der Waals surface area contributed by atoms with Crippen LogP contribution in [-0.4, -0.2) is 76.4 Å². The van der Waals surface area contributed by atoms with Crippen LogP contribution >= 0.6 is 0 Å². The minimum absolute atomic E-state index is 0.145. The second-order valence-corrected chi connectivity index (χ2v) is 12.1. The van der Waals surface area contributed by atoms with Gasteiger partial charge in [0.1, 0.15) is 22.8 Å². The molecule has 0 saturated carbocycles. The number of benzene rings is 1. The number of pyridine rings is 2. The lowest BCUT2D eigenvalue weighted by Gasteiger charge is -2.39. The molecule has 236 valence electrons. The fourth-order valence-electron chi connectivity index (χ4n) is 5.38. The lowest BCUT2D eigenvalue weighted by molar-refractivity contribution is 0.0195. The maximum absolute atomic E-state index is 15.9. The van der Waals surface area contributed by atoms with Crippen molar-refractivity contribution >= 4 is 41.1 Å². The van der Waals surface area contributed by atoms with E-state index in [0.717, 1.165) is 11.1 Å². The molecule has 1 fully saturated rings. The van der Waals surface area contributed by atoms with Crippen LogP contribution in [0.2, 0.25) is 0 Å². The molecule has 1 aliphatic heterocycles. The van der Waals surface area contributed by atoms with Crippen molar-refractivity contribution in [3.8, 4) is 5.69 Å². The van der Waals surface area contributed by atoms with Gasteiger partial charge in [0, 0.05) is 50.4 Å². The molecule has 1 saturated heterocycles. The minimum atomic E-state index is -0.737. The summed E-state index contributed by atoms with van der Waals surface area (Å²) >= 11 is 0. The van der Waals surface area contributed by atoms with Crippen molar-refractivity contribution < 1.29 is 18.7 Å². The Labute approximate surface area is 265 Å². The summed E-state index contributed by atoms with van der Waals surface area (Å²) in [6.07, 6.45) is 11.4. The average Bonchev–Trinajstić information content (AvgIpc) is 3.65. The third-order valence-electron chi connectivity index (χ3n) is 7.48. The minimum Gasteiger partial charge on any atom is -0.444 e. The molecule has 0 spiro atoms. The summed E-state index contributed by atoms with van der Waals surface area (Å²) in [5, 5.41) is 12.4. The number of rotatable bonds is 6. The molecule has 5 aromatic rings. The van der Waals surface area contributed by atoms with Crippen LogP contribution in [0.1, 0.15) is 55.1 Å². The van der Waals surface area contributed by atoms with E-state index in [1.54, 1.807) is 73.2 Å². The highest BCUT2D eigenvalue weighted by Gasteiger charge is 2.35. The number of amides is 2. The highest BCUT2D eigenvalue weighted by atomic mass is 19.1. The van der Waals surface area contributed by atoms with Crippen molar-refractivity contribution in [1.82, 2.24) is 39.6 Å². The number of carbonyl (C=O) groups excluding carboxylic acids is 2. The molecule has 1 aromatic carbocycles. The molecule has 2 amide bonds. The number of halogens is 1. The van der Waals surface area contributed by atoms with Crippen LogP contribution in [0.5, 0.6) is 0 Å². The molecule has 0 aliphatic carbocycles. The Morgan fingerprint density at radius 3 is 2.65 bits per heavy atom. The Morgan fingerprint density at radius 1 is 1.07 bits per heavy atom. The van der Waals surface area contributed by atoms with E-state index in [2.05, 4.69) is 25.4 Å². The zero-order valence-corrected chi connectivity index (χ0v) is 26.0. The molecule has 5 heterocycles. The first-order valence-electron chi connectivity index (χ1n) is 15.0. The number of fused-ring (bicyclic) bond motifs is 1. The molecule has 0 radical (unpaired) electrons. The summed E-state index contributed by atoms with van der Waals surface area (Å²) in [6, 6.07) is 10.9. The molecule has 13 heteroatoms. The SMILES string of the molecule is Cn1cc(/C=C/c2ccnc(N(C(=O)c3ccc(-n4nnc5cccnc54)cc3F)[C@@H]3CCCN(C(=O)OC(C)(C)C)C3)c2)cn1. The first-order chi connectivity index (χ1) is 22.1. The van der Waals surface area contributed by atoms with E-state index in [0.29, 0.717) is 42.1 Å². The number of carbonyl (C=O) groups is 2. The van der Waals surface area contributed by atoms with Crippen LogP contribution in [-0.2, 0) is 11.8 Å². The second kappa shape index (κ2) is 12.5. The fraction of sp³-hybridized carbons (Fsp3) is 0.303. The van der Waals surface area contributed by atoms with Crippen molar-refractivity contribution in [3.63, 3.8) is 0 Å². The van der Waals surface area contributed by atoms with Crippen molar-refractivity contribution in [1.29, 1.82) is 0 Å². The first-order valence-corrected chi connectivity index (χ1v) is 15.0. The zero-order valence-electron chi connectivity index (χ0n) is 26.0. The molecule has 46 heavy (non-hydrogen) atoms. The van der Waals surface area contributed by atoms with Crippen molar-refractivity contribution in [3.05, 3.63) is 89.8 Å². The molecule has 1 aliphatic rings. The highest BCUT2D eigenvalue weighted by Crippen LogP contribution is 2.28. The summed E-state index contributed by atoms with van der Waals surface area (Å²) < 4.78 is 24.6. The van der Waals surface area contributed by atoms with Crippen LogP contribution in [0.15, 0.2) is 67.3 Å². The van der Waals surface area contributed by atoms with Gasteiger partial charge >= 0.3 is 6.09 Å². The number of nitrogens with zero attached hydrogens (tertiary/aromatic N) is 9. The second-order valence-electron chi connectivity index (χ2n) is 12.1. The van der Waals surface area contributed by atoms with E-state index in [4.69, 9.17) is 4.74 Å². The van der Waals surface area contributed by atoms with Gasteiger partial charge in [0.2, 0.25) is 0 Å². The summed E-state index contributed by atoms with van der Waals surface area (Å²) in [5.74, 6) is -0.980. The Bertz CT molecular complexity index is 1930. The zero-order chi connectivity index (χ0) is 32.4. The summed E-state index contributed by atoms with van der Waals surface area (Å²) in [7, 11) is 1.84. The van der Waals surface area contributed by atoms with Gasteiger partial charge in [0.05, 0.1) is 23.5 Å². The van der Waals surface area contributed by atoms with Crippen LogP contribution < -0.4 is 4.90 Å². The van der Waals surface area contributed by atoms with E-state index in [1.807, 2.05) is 31.5 Å². The van der Waals surface area contributed by atoms with Gasteiger partial charge in [-0.15, -0.1) is 5.10 Å². The van der Waals surface area contributed by atoms with E-state index < -0.39 is 29.5 Å². The van der Waals surface area contributed by atoms with Crippen LogP contribution in [0.4, 0.5) is 15.0 Å². The quantitative estimate of drug-likeness (QED) is 0.250. The van der Waals surface area contributed by atoms with Gasteiger partial charge in [-0.05, 0) is 75.6 Å². The molecule has 4 aromatic heterocycles. The lowest BCUT2D eigenvalue weighted by Crippen LogP contribution is -2.53. The normalized spacial score (nSPS) is 15.4. The summed E-state index contributed by atoms with van der Waals surface area (Å²) in [4.78, 5) is 39.3. The smallest absolute Gasteiger partial charge is 0.410 e. The molecule has 0 bridgehead atoms. The van der Waals surface area contributed by atoms with E-state index in [1.165, 1.54) is 21.7 Å². The predicted octanol–water partition coefficient (Wildman–Crippen LogP) is 5.30. The van der Waals surface area contributed by atoms with Gasteiger partial charge in [-0.3, -0.25) is 14.4 Å². The number of anilines is 1. The Hall–Kier alpha value is -5.46. The molecular weight excluding hydrogens is 589 g/mol. The highest BCUT2D eigenvalue weighted by molar-refractivity contribution is 6.06. The third-order valence-corrected chi connectivity index (χ3v) is 7.48. The van der Waals surface area contributed by atoms with Crippen LogP contribution in [0.3, 0.4) is 0 Å². The number of piperidine rings is 1. The monoisotopic (exact) mass is 623 g/mol. The number of hydrogen-bond acceptors (Lipinski definition) is 8. The number of likely N-dealkylation sites (tertiary alicyclic amines) is 1. The molecule has 1 atom stereocenters. The molecule has 0 unspecified atom stereocenters. The largest absolute Gasteiger partial charge is 0.444 e. The number of hydrogen-bond donors (Lipinski definition) is 0. The first kappa shape index (κ1) is 30.6.